The first-order valence-electron chi connectivity index (χ1n) is 4.68. The minimum atomic E-state index is -0.283. The van der Waals surface area contributed by atoms with Gasteiger partial charge in [0, 0.05) is 16.5 Å². The van der Waals surface area contributed by atoms with Crippen LogP contribution in [0.4, 0.5) is 4.39 Å². The Kier molecular flexibility index (Phi) is 3.49. The van der Waals surface area contributed by atoms with Crippen LogP contribution in [0.3, 0.4) is 0 Å². The molecule has 1 aromatic carbocycles. The number of hydrogen-bond donors (Lipinski definition) is 1. The third-order valence-corrected chi connectivity index (χ3v) is 2.88. The van der Waals surface area contributed by atoms with Crippen molar-refractivity contribution in [3.63, 3.8) is 0 Å². The van der Waals surface area contributed by atoms with Gasteiger partial charge in [0.1, 0.15) is 5.82 Å². The third-order valence-electron chi connectivity index (χ3n) is 1.99. The Morgan fingerprint density at radius 1 is 1.38 bits per heavy atom. The molecule has 16 heavy (non-hydrogen) atoms. The maximum absolute atomic E-state index is 12.9. The van der Waals surface area contributed by atoms with Gasteiger partial charge in [0.15, 0.2) is 0 Å². The van der Waals surface area contributed by atoms with Crippen molar-refractivity contribution in [2.75, 3.05) is 6.54 Å². The largest absolute Gasteiger partial charge is 0.421 e. The Morgan fingerprint density at radius 2 is 2.19 bits per heavy atom. The smallest absolute Gasteiger partial charge is 0.248 e. The van der Waals surface area contributed by atoms with Crippen molar-refractivity contribution in [2.45, 2.75) is 6.42 Å². The summed E-state index contributed by atoms with van der Waals surface area (Å²) >= 11 is 2.03. The van der Waals surface area contributed by atoms with Crippen LogP contribution < -0.4 is 5.73 Å². The summed E-state index contributed by atoms with van der Waals surface area (Å²) in [7, 11) is 0. The Balaban J connectivity index is 2.35. The quantitative estimate of drug-likeness (QED) is 0.873. The Morgan fingerprint density at radius 3 is 2.88 bits per heavy atom. The number of rotatable bonds is 3. The molecule has 0 unspecified atom stereocenters. The van der Waals surface area contributed by atoms with E-state index >= 15 is 0 Å². The van der Waals surface area contributed by atoms with Gasteiger partial charge in [0.05, 0.1) is 5.56 Å². The lowest BCUT2D eigenvalue weighted by Crippen LogP contribution is -2.02. The molecular weight excluding hydrogens is 324 g/mol. The van der Waals surface area contributed by atoms with E-state index in [0.717, 1.165) is 9.13 Å². The van der Waals surface area contributed by atoms with E-state index in [9.17, 15) is 4.39 Å². The predicted molar refractivity (Wildman–Crippen MR) is 65.2 cm³/mol. The van der Waals surface area contributed by atoms with Gasteiger partial charge >= 0.3 is 0 Å². The summed E-state index contributed by atoms with van der Waals surface area (Å²) < 4.78 is 19.0. The maximum atomic E-state index is 12.9. The molecule has 0 aliphatic heterocycles. The summed E-state index contributed by atoms with van der Waals surface area (Å²) in [5.74, 6) is 0.611. The highest BCUT2D eigenvalue weighted by Crippen LogP contribution is 2.24. The molecule has 2 aromatic rings. The zero-order valence-electron chi connectivity index (χ0n) is 8.28. The molecule has 1 aromatic heterocycles. The van der Waals surface area contributed by atoms with Gasteiger partial charge in [-0.15, -0.1) is 10.2 Å². The minimum Gasteiger partial charge on any atom is -0.421 e. The molecule has 0 bridgehead atoms. The summed E-state index contributed by atoms with van der Waals surface area (Å²) in [6, 6.07) is 4.41. The summed E-state index contributed by atoms with van der Waals surface area (Å²) in [4.78, 5) is 0. The lowest BCUT2D eigenvalue weighted by molar-refractivity contribution is 0.506. The Bertz CT molecular complexity index is 501. The zero-order chi connectivity index (χ0) is 11.5. The number of aromatic nitrogens is 2. The molecule has 0 atom stereocenters. The third kappa shape index (κ3) is 2.38. The van der Waals surface area contributed by atoms with Gasteiger partial charge in [-0.3, -0.25) is 0 Å². The monoisotopic (exact) mass is 333 g/mol. The number of nitrogens with two attached hydrogens (primary N) is 1. The van der Waals surface area contributed by atoms with Crippen molar-refractivity contribution < 1.29 is 8.81 Å². The van der Waals surface area contributed by atoms with Crippen LogP contribution in [0.2, 0.25) is 0 Å². The van der Waals surface area contributed by atoms with E-state index in [2.05, 4.69) is 10.2 Å². The van der Waals surface area contributed by atoms with E-state index in [1.165, 1.54) is 12.1 Å². The van der Waals surface area contributed by atoms with Crippen LogP contribution in [0.25, 0.3) is 11.5 Å². The lowest BCUT2D eigenvalue weighted by atomic mass is 10.2. The summed E-state index contributed by atoms with van der Waals surface area (Å²) in [5.41, 5.74) is 6.11. The first-order valence-corrected chi connectivity index (χ1v) is 5.76. The van der Waals surface area contributed by atoms with Crippen molar-refractivity contribution in [1.29, 1.82) is 0 Å². The van der Waals surface area contributed by atoms with Crippen molar-refractivity contribution >= 4 is 22.6 Å². The standard InChI is InChI=1S/C10H9FIN3O/c11-6-1-2-7(8(12)5-6)10-15-14-9(16-10)3-4-13/h1-2,5H,3-4,13H2. The second-order valence-corrected chi connectivity index (χ2v) is 4.33. The Labute approximate surface area is 105 Å². The van der Waals surface area contributed by atoms with E-state index < -0.39 is 0 Å². The highest BCUT2D eigenvalue weighted by atomic mass is 127. The average molecular weight is 333 g/mol. The van der Waals surface area contributed by atoms with Gasteiger partial charge in [-0.05, 0) is 40.8 Å². The van der Waals surface area contributed by atoms with Gasteiger partial charge in [0.2, 0.25) is 11.8 Å². The number of hydrogen-bond acceptors (Lipinski definition) is 4. The zero-order valence-corrected chi connectivity index (χ0v) is 10.4. The van der Waals surface area contributed by atoms with Gasteiger partial charge in [-0.25, -0.2) is 4.39 Å². The number of halogens is 2. The molecule has 0 spiro atoms. The van der Waals surface area contributed by atoms with Crippen molar-refractivity contribution in [3.05, 3.63) is 33.5 Å². The highest BCUT2D eigenvalue weighted by molar-refractivity contribution is 14.1. The van der Waals surface area contributed by atoms with Crippen LogP contribution >= 0.6 is 22.6 Å². The van der Waals surface area contributed by atoms with E-state index in [-0.39, 0.29) is 5.82 Å². The minimum absolute atomic E-state index is 0.283. The van der Waals surface area contributed by atoms with E-state index in [1.807, 2.05) is 22.6 Å². The van der Waals surface area contributed by atoms with Gasteiger partial charge in [-0.1, -0.05) is 0 Å². The van der Waals surface area contributed by atoms with Crippen LogP contribution in [0.5, 0.6) is 0 Å². The van der Waals surface area contributed by atoms with Crippen LogP contribution in [0, 0.1) is 9.39 Å². The summed E-state index contributed by atoms with van der Waals surface area (Å²) in [6.45, 7) is 0.460. The number of nitrogens with zero attached hydrogens (tertiary/aromatic N) is 2. The van der Waals surface area contributed by atoms with E-state index in [1.54, 1.807) is 6.07 Å². The van der Waals surface area contributed by atoms with Crippen LogP contribution in [-0.4, -0.2) is 16.7 Å². The van der Waals surface area contributed by atoms with Gasteiger partial charge in [0.25, 0.3) is 0 Å². The second-order valence-electron chi connectivity index (χ2n) is 3.16. The predicted octanol–water partition coefficient (Wildman–Crippen LogP) is 1.98. The molecular formula is C10H9FIN3O. The first-order chi connectivity index (χ1) is 7.70. The summed E-state index contributed by atoms with van der Waals surface area (Å²) in [5, 5.41) is 7.75. The molecule has 1 heterocycles. The fraction of sp³-hybridized carbons (Fsp3) is 0.200. The first kappa shape index (κ1) is 11.5. The molecule has 0 radical (unpaired) electrons. The second kappa shape index (κ2) is 4.88. The molecule has 0 fully saturated rings. The van der Waals surface area contributed by atoms with Crippen LogP contribution in [0.15, 0.2) is 22.6 Å². The van der Waals surface area contributed by atoms with Crippen molar-refractivity contribution in [1.82, 2.24) is 10.2 Å². The van der Waals surface area contributed by atoms with Gasteiger partial charge < -0.3 is 10.2 Å². The molecule has 0 saturated heterocycles. The fourth-order valence-electron chi connectivity index (χ4n) is 1.25. The normalized spacial score (nSPS) is 10.7. The molecule has 0 saturated carbocycles. The number of benzene rings is 1. The van der Waals surface area contributed by atoms with Crippen molar-refractivity contribution in [3.8, 4) is 11.5 Å². The molecule has 84 valence electrons. The van der Waals surface area contributed by atoms with Crippen molar-refractivity contribution in [2.24, 2.45) is 5.73 Å². The van der Waals surface area contributed by atoms with Gasteiger partial charge in [-0.2, -0.15) is 0 Å². The lowest BCUT2D eigenvalue weighted by Gasteiger charge is -1.98. The molecule has 0 aliphatic carbocycles. The topological polar surface area (TPSA) is 64.9 Å². The van der Waals surface area contributed by atoms with E-state index in [0.29, 0.717) is 24.7 Å². The SMILES string of the molecule is NCCc1nnc(-c2ccc(F)cc2I)o1. The average Bonchev–Trinajstić information content (AvgIpc) is 2.67. The van der Waals surface area contributed by atoms with Crippen LogP contribution in [0.1, 0.15) is 5.89 Å². The molecule has 6 heteroatoms. The maximum Gasteiger partial charge on any atom is 0.248 e. The molecule has 2 rings (SSSR count). The molecule has 0 amide bonds. The highest BCUT2D eigenvalue weighted by Gasteiger charge is 2.11. The molecule has 2 N–H and O–H groups in total. The fourth-order valence-corrected chi connectivity index (χ4v) is 1.96. The summed E-state index contributed by atoms with van der Waals surface area (Å²) in [6.07, 6.45) is 0.546. The molecule has 4 nitrogen and oxygen atoms in total. The molecule has 0 aliphatic rings. The Hall–Kier alpha value is -1.02. The van der Waals surface area contributed by atoms with Crippen LogP contribution in [-0.2, 0) is 6.42 Å². The van der Waals surface area contributed by atoms with E-state index in [4.69, 9.17) is 10.2 Å².